The lowest BCUT2D eigenvalue weighted by Gasteiger charge is -2.43. The Morgan fingerprint density at radius 1 is 1.30 bits per heavy atom. The van der Waals surface area contributed by atoms with Crippen molar-refractivity contribution in [1.29, 1.82) is 0 Å². The topological polar surface area (TPSA) is 127 Å². The van der Waals surface area contributed by atoms with Gasteiger partial charge in [0.2, 0.25) is 0 Å². The van der Waals surface area contributed by atoms with E-state index in [-0.39, 0.29) is 36.1 Å². The molecular formula is C23H35O7-. The Balaban J connectivity index is 2.09. The van der Waals surface area contributed by atoms with Crippen LogP contribution in [0.4, 0.5) is 0 Å². The fraction of sp³-hybridized carbons (Fsp3) is 0.739. The fourth-order valence-electron chi connectivity index (χ4n) is 4.51. The molecule has 0 aliphatic heterocycles. The van der Waals surface area contributed by atoms with Gasteiger partial charge in [0.15, 0.2) is 0 Å². The molecule has 2 aliphatic carbocycles. The summed E-state index contributed by atoms with van der Waals surface area (Å²) in [4.78, 5) is 23.0. The summed E-state index contributed by atoms with van der Waals surface area (Å²) >= 11 is 0. The average molecular weight is 424 g/mol. The van der Waals surface area contributed by atoms with Gasteiger partial charge in [0.1, 0.15) is 6.10 Å². The SMILES string of the molecule is CC[C@H](C)C(=O)O[C@H]1C[C@H](O)C=C2C=C[C@H](C)[C@H](CC[C@@H](O)C[C@H](O)CC(=O)[O-])[C@H]21. The van der Waals surface area contributed by atoms with Crippen molar-refractivity contribution in [1.82, 2.24) is 0 Å². The highest BCUT2D eigenvalue weighted by atomic mass is 16.5. The zero-order valence-corrected chi connectivity index (χ0v) is 18.1. The van der Waals surface area contributed by atoms with Crippen LogP contribution in [-0.4, -0.2) is 51.7 Å². The van der Waals surface area contributed by atoms with Crippen molar-refractivity contribution < 1.29 is 34.8 Å². The number of aliphatic hydroxyl groups excluding tert-OH is 3. The molecule has 2 aliphatic rings. The Bertz CT molecular complexity index is 656. The third-order valence-corrected chi connectivity index (χ3v) is 6.43. The molecule has 170 valence electrons. The van der Waals surface area contributed by atoms with Crippen molar-refractivity contribution in [2.24, 2.45) is 23.7 Å². The summed E-state index contributed by atoms with van der Waals surface area (Å²) in [6.45, 7) is 5.83. The Kier molecular flexibility index (Phi) is 9.07. The van der Waals surface area contributed by atoms with Crippen molar-refractivity contribution in [3.63, 3.8) is 0 Å². The second kappa shape index (κ2) is 11.1. The van der Waals surface area contributed by atoms with Gasteiger partial charge in [0.05, 0.1) is 24.2 Å². The summed E-state index contributed by atoms with van der Waals surface area (Å²) in [6, 6.07) is 0. The summed E-state index contributed by atoms with van der Waals surface area (Å²) in [6.07, 6.45) is 4.31. The van der Waals surface area contributed by atoms with Gasteiger partial charge in [-0.25, -0.2) is 0 Å². The normalized spacial score (nSPS) is 31.3. The number of carbonyl (C=O) groups excluding carboxylic acids is 2. The van der Waals surface area contributed by atoms with Crippen LogP contribution in [0.5, 0.6) is 0 Å². The van der Waals surface area contributed by atoms with E-state index < -0.39 is 36.8 Å². The number of allylic oxidation sites excluding steroid dienone is 2. The predicted molar refractivity (Wildman–Crippen MR) is 109 cm³/mol. The predicted octanol–water partition coefficient (Wildman–Crippen LogP) is 1.11. The number of fused-ring (bicyclic) bond motifs is 1. The molecule has 0 heterocycles. The number of ether oxygens (including phenoxy) is 1. The van der Waals surface area contributed by atoms with Gasteiger partial charge in [-0.05, 0) is 43.1 Å². The summed E-state index contributed by atoms with van der Waals surface area (Å²) in [5.41, 5.74) is 0.949. The lowest BCUT2D eigenvalue weighted by Crippen LogP contribution is -2.43. The summed E-state index contributed by atoms with van der Waals surface area (Å²) in [7, 11) is 0. The maximum absolute atomic E-state index is 12.4. The van der Waals surface area contributed by atoms with E-state index in [1.54, 1.807) is 0 Å². The molecule has 0 bridgehead atoms. The second-order valence-electron chi connectivity index (χ2n) is 8.86. The van der Waals surface area contributed by atoms with E-state index in [1.165, 1.54) is 0 Å². The molecule has 0 aromatic carbocycles. The van der Waals surface area contributed by atoms with Gasteiger partial charge < -0.3 is 30.0 Å². The number of carbonyl (C=O) groups is 2. The number of rotatable bonds is 10. The number of carboxylic acids is 1. The lowest BCUT2D eigenvalue weighted by atomic mass is 9.66. The number of hydrogen-bond acceptors (Lipinski definition) is 7. The molecule has 0 radical (unpaired) electrons. The number of esters is 1. The van der Waals surface area contributed by atoms with Crippen LogP contribution in [0.3, 0.4) is 0 Å². The average Bonchev–Trinajstić information content (AvgIpc) is 2.65. The number of aliphatic hydroxyl groups is 3. The molecule has 3 N–H and O–H groups in total. The number of hydrogen-bond donors (Lipinski definition) is 3. The van der Waals surface area contributed by atoms with Gasteiger partial charge in [-0.15, -0.1) is 0 Å². The zero-order chi connectivity index (χ0) is 22.4. The van der Waals surface area contributed by atoms with Gasteiger partial charge in [-0.2, -0.15) is 0 Å². The van der Waals surface area contributed by atoms with Gasteiger partial charge in [0.25, 0.3) is 0 Å². The molecule has 0 saturated heterocycles. The minimum atomic E-state index is -1.35. The smallest absolute Gasteiger partial charge is 0.308 e. The Hall–Kier alpha value is -1.70. The number of carboxylic acid groups (broad SMARTS) is 1. The van der Waals surface area contributed by atoms with Crippen LogP contribution in [0.25, 0.3) is 0 Å². The van der Waals surface area contributed by atoms with E-state index in [4.69, 9.17) is 4.74 Å². The first-order chi connectivity index (χ1) is 14.1. The van der Waals surface area contributed by atoms with E-state index in [0.717, 1.165) is 5.57 Å². The first-order valence-electron chi connectivity index (χ1n) is 11.0. The van der Waals surface area contributed by atoms with Crippen molar-refractivity contribution in [3.05, 3.63) is 23.8 Å². The van der Waals surface area contributed by atoms with Gasteiger partial charge in [-0.1, -0.05) is 39.0 Å². The van der Waals surface area contributed by atoms with Crippen molar-refractivity contribution in [2.75, 3.05) is 0 Å². The summed E-state index contributed by atoms with van der Waals surface area (Å²) in [5, 5.41) is 40.8. The largest absolute Gasteiger partial charge is 0.550 e. The van der Waals surface area contributed by atoms with Crippen molar-refractivity contribution in [3.8, 4) is 0 Å². The molecular weight excluding hydrogens is 388 g/mol. The van der Waals surface area contributed by atoms with Crippen LogP contribution in [0.1, 0.15) is 59.3 Å². The van der Waals surface area contributed by atoms with Crippen LogP contribution in [0.2, 0.25) is 0 Å². The molecule has 8 atom stereocenters. The van der Waals surface area contributed by atoms with E-state index in [0.29, 0.717) is 25.7 Å². The van der Waals surface area contributed by atoms with Crippen LogP contribution in [-0.2, 0) is 14.3 Å². The molecule has 7 nitrogen and oxygen atoms in total. The summed E-state index contributed by atoms with van der Waals surface area (Å²) < 4.78 is 5.83. The molecule has 2 rings (SSSR count). The second-order valence-corrected chi connectivity index (χ2v) is 8.86. The van der Waals surface area contributed by atoms with Crippen LogP contribution >= 0.6 is 0 Å². The molecule has 0 saturated carbocycles. The summed E-state index contributed by atoms with van der Waals surface area (Å²) in [5.74, 6) is -1.60. The lowest BCUT2D eigenvalue weighted by molar-refractivity contribution is -0.307. The third-order valence-electron chi connectivity index (χ3n) is 6.43. The highest BCUT2D eigenvalue weighted by Crippen LogP contribution is 2.44. The highest BCUT2D eigenvalue weighted by molar-refractivity contribution is 5.72. The quantitative estimate of drug-likeness (QED) is 0.449. The molecule has 0 amide bonds. The maximum atomic E-state index is 12.4. The minimum absolute atomic E-state index is 0.0244. The molecule has 30 heavy (non-hydrogen) atoms. The molecule has 0 unspecified atom stereocenters. The van der Waals surface area contributed by atoms with E-state index >= 15 is 0 Å². The van der Waals surface area contributed by atoms with E-state index in [1.807, 2.05) is 26.0 Å². The molecule has 0 spiro atoms. The molecule has 0 fully saturated rings. The van der Waals surface area contributed by atoms with Gasteiger partial charge >= 0.3 is 5.97 Å². The monoisotopic (exact) mass is 423 g/mol. The standard InChI is InChI=1S/C23H36O7/c1-4-13(2)23(29)30-20-11-17(25)9-15-6-5-14(3)19(22(15)20)8-7-16(24)10-18(26)12-21(27)28/h5-6,9,13-14,16-20,22,24-26H,4,7-8,10-12H2,1-3H3,(H,27,28)/p-1/t13-,14-,16+,17+,18-,19-,20-,22-/m0/s1. The van der Waals surface area contributed by atoms with Crippen molar-refractivity contribution in [2.45, 2.75) is 83.7 Å². The first-order valence-corrected chi connectivity index (χ1v) is 11.0. The Morgan fingerprint density at radius 2 is 2.00 bits per heavy atom. The minimum Gasteiger partial charge on any atom is -0.550 e. The Labute approximate surface area is 178 Å². The highest BCUT2D eigenvalue weighted by Gasteiger charge is 2.42. The maximum Gasteiger partial charge on any atom is 0.308 e. The Morgan fingerprint density at radius 3 is 2.63 bits per heavy atom. The van der Waals surface area contributed by atoms with E-state index in [9.17, 15) is 30.0 Å². The molecule has 0 aromatic rings. The van der Waals surface area contributed by atoms with Gasteiger partial charge in [0, 0.05) is 24.7 Å². The van der Waals surface area contributed by atoms with Crippen LogP contribution < -0.4 is 5.11 Å². The first kappa shape index (κ1) is 24.6. The van der Waals surface area contributed by atoms with E-state index in [2.05, 4.69) is 13.0 Å². The third kappa shape index (κ3) is 6.65. The van der Waals surface area contributed by atoms with Crippen molar-refractivity contribution >= 4 is 11.9 Å². The number of aliphatic carboxylic acids is 1. The zero-order valence-electron chi connectivity index (χ0n) is 18.1. The molecule has 0 aromatic heterocycles. The molecule has 7 heteroatoms. The van der Waals surface area contributed by atoms with Crippen LogP contribution in [0.15, 0.2) is 23.8 Å². The van der Waals surface area contributed by atoms with Gasteiger partial charge in [-0.3, -0.25) is 4.79 Å². The van der Waals surface area contributed by atoms with Crippen LogP contribution in [0, 0.1) is 23.7 Å². The fourth-order valence-corrected chi connectivity index (χ4v) is 4.51.